The van der Waals surface area contributed by atoms with Crippen molar-refractivity contribution in [2.75, 3.05) is 58.5 Å². The molecule has 2 aromatic carbocycles. The van der Waals surface area contributed by atoms with Crippen molar-refractivity contribution in [3.05, 3.63) is 30.3 Å². The van der Waals surface area contributed by atoms with Crippen LogP contribution < -0.4 is 9.64 Å². The molecule has 3 aromatic rings. The third kappa shape index (κ3) is 3.12. The molecule has 0 spiro atoms. The van der Waals surface area contributed by atoms with Crippen molar-refractivity contribution in [2.45, 2.75) is 6.04 Å². The minimum Gasteiger partial charge on any atom is -0.504 e. The lowest BCUT2D eigenvalue weighted by Gasteiger charge is -2.34. The first-order valence-corrected chi connectivity index (χ1v) is 10.2. The number of phenols is 2. The molecule has 0 bridgehead atoms. The summed E-state index contributed by atoms with van der Waals surface area (Å²) in [6.07, 6.45) is 0. The van der Waals surface area contributed by atoms with E-state index in [0.717, 1.165) is 43.0 Å². The molecule has 0 atom stereocenters. The second kappa shape index (κ2) is 7.37. The quantitative estimate of drug-likeness (QED) is 0.639. The molecular weight excluding hydrogens is 384 g/mol. The molecular formula is C22H26N4O4. The van der Waals surface area contributed by atoms with Gasteiger partial charge >= 0.3 is 0 Å². The number of aromatic nitrogens is 2. The number of piperazine rings is 1. The minimum atomic E-state index is -0.270. The molecule has 0 radical (unpaired) electrons. The Labute approximate surface area is 174 Å². The van der Waals surface area contributed by atoms with Crippen molar-refractivity contribution in [1.29, 1.82) is 0 Å². The van der Waals surface area contributed by atoms with E-state index in [0.29, 0.717) is 18.8 Å². The summed E-state index contributed by atoms with van der Waals surface area (Å²) in [6, 6.07) is 9.78. The second-order valence-electron chi connectivity index (χ2n) is 8.01. The van der Waals surface area contributed by atoms with Gasteiger partial charge in [0.15, 0.2) is 11.5 Å². The lowest BCUT2D eigenvalue weighted by molar-refractivity contribution is -0.0209. The van der Waals surface area contributed by atoms with E-state index < -0.39 is 0 Å². The highest BCUT2D eigenvalue weighted by atomic mass is 16.5. The zero-order valence-corrected chi connectivity index (χ0v) is 17.2. The summed E-state index contributed by atoms with van der Waals surface area (Å²) in [6.45, 7) is 5.34. The van der Waals surface area contributed by atoms with Crippen molar-refractivity contribution >= 4 is 16.7 Å². The van der Waals surface area contributed by atoms with Crippen LogP contribution in [0.15, 0.2) is 30.3 Å². The zero-order valence-electron chi connectivity index (χ0n) is 17.2. The summed E-state index contributed by atoms with van der Waals surface area (Å²) >= 11 is 0. The maximum absolute atomic E-state index is 10.2. The maximum Gasteiger partial charge on any atom is 0.200 e. The van der Waals surface area contributed by atoms with Gasteiger partial charge in [-0.3, -0.25) is 0 Å². The molecule has 2 fully saturated rings. The van der Waals surface area contributed by atoms with E-state index in [1.54, 1.807) is 6.07 Å². The predicted octanol–water partition coefficient (Wildman–Crippen LogP) is 2.45. The largest absolute Gasteiger partial charge is 0.504 e. The number of rotatable bonds is 4. The number of methoxy groups -OCH3 is 1. The minimum absolute atomic E-state index is 0.176. The van der Waals surface area contributed by atoms with Gasteiger partial charge in [-0.25, -0.2) is 4.98 Å². The zero-order chi connectivity index (χ0) is 20.8. The Morgan fingerprint density at radius 1 is 1.07 bits per heavy atom. The number of nitrogens with zero attached hydrogens (tertiary/aromatic N) is 4. The summed E-state index contributed by atoms with van der Waals surface area (Å²) in [7, 11) is 3.61. The van der Waals surface area contributed by atoms with Crippen molar-refractivity contribution in [2.24, 2.45) is 0 Å². The number of hydrogen-bond acceptors (Lipinski definition) is 7. The number of aromatic hydroxyl groups is 2. The second-order valence-corrected chi connectivity index (χ2v) is 8.01. The standard InChI is InChI=1S/C22H26N4O4/c1-24-5-7-25(8-6-24)15-3-4-17-18(11-15)26(16-12-30-13-16)22(23-17)14-9-19(27)21(28)20(10-14)29-2/h3-4,9-11,16,27-28H,5-8,12-13H2,1-2H3. The first kappa shape index (κ1) is 19.0. The highest BCUT2D eigenvalue weighted by Gasteiger charge is 2.28. The Kier molecular flexibility index (Phi) is 4.67. The summed E-state index contributed by atoms with van der Waals surface area (Å²) in [5, 5.41) is 20.2. The predicted molar refractivity (Wildman–Crippen MR) is 115 cm³/mol. The molecule has 0 aliphatic carbocycles. The Bertz CT molecular complexity index is 1080. The van der Waals surface area contributed by atoms with E-state index in [2.05, 4.69) is 39.6 Å². The number of phenolic OH excluding ortho intramolecular Hbond substituents is 2. The van der Waals surface area contributed by atoms with Crippen LogP contribution in [-0.4, -0.2) is 78.2 Å². The fraction of sp³-hybridized carbons (Fsp3) is 0.409. The van der Waals surface area contributed by atoms with Gasteiger partial charge in [0.25, 0.3) is 0 Å². The highest BCUT2D eigenvalue weighted by molar-refractivity contribution is 5.85. The van der Waals surface area contributed by atoms with Crippen LogP contribution in [0.3, 0.4) is 0 Å². The van der Waals surface area contributed by atoms with Crippen LogP contribution in [0.1, 0.15) is 6.04 Å². The summed E-state index contributed by atoms with van der Waals surface area (Å²) in [5.41, 5.74) is 3.81. The average molecular weight is 410 g/mol. The van der Waals surface area contributed by atoms with Gasteiger partial charge in [-0.1, -0.05) is 0 Å². The highest BCUT2D eigenvalue weighted by Crippen LogP contribution is 2.41. The molecule has 2 aliphatic rings. The summed E-state index contributed by atoms with van der Waals surface area (Å²) in [4.78, 5) is 9.61. The molecule has 0 saturated carbocycles. The van der Waals surface area contributed by atoms with Gasteiger partial charge in [-0.05, 0) is 37.4 Å². The van der Waals surface area contributed by atoms with Crippen LogP contribution in [0.2, 0.25) is 0 Å². The van der Waals surface area contributed by atoms with E-state index >= 15 is 0 Å². The van der Waals surface area contributed by atoms with Crippen molar-refractivity contribution in [3.63, 3.8) is 0 Å². The normalized spacial score (nSPS) is 18.0. The first-order chi connectivity index (χ1) is 14.5. The van der Waals surface area contributed by atoms with Gasteiger partial charge in [-0.15, -0.1) is 0 Å². The molecule has 158 valence electrons. The Balaban J connectivity index is 1.63. The Hall–Kier alpha value is -2.97. The Morgan fingerprint density at radius 2 is 1.83 bits per heavy atom. The fourth-order valence-electron chi connectivity index (χ4n) is 4.17. The van der Waals surface area contributed by atoms with Crippen LogP contribution in [0, 0.1) is 0 Å². The van der Waals surface area contributed by atoms with Gasteiger partial charge in [-0.2, -0.15) is 0 Å². The summed E-state index contributed by atoms with van der Waals surface area (Å²) < 4.78 is 12.9. The number of anilines is 1. The fourth-order valence-corrected chi connectivity index (χ4v) is 4.17. The lowest BCUT2D eigenvalue weighted by atomic mass is 10.1. The maximum atomic E-state index is 10.2. The third-order valence-corrected chi connectivity index (χ3v) is 6.06. The molecule has 0 amide bonds. The molecule has 1 aromatic heterocycles. The molecule has 0 unspecified atom stereocenters. The van der Waals surface area contributed by atoms with E-state index in [1.807, 2.05) is 0 Å². The number of benzene rings is 2. The van der Waals surface area contributed by atoms with E-state index in [4.69, 9.17) is 14.5 Å². The van der Waals surface area contributed by atoms with Gasteiger partial charge < -0.3 is 34.1 Å². The average Bonchev–Trinajstić information content (AvgIpc) is 3.08. The molecule has 30 heavy (non-hydrogen) atoms. The molecule has 8 nitrogen and oxygen atoms in total. The van der Waals surface area contributed by atoms with E-state index in [1.165, 1.54) is 18.9 Å². The van der Waals surface area contributed by atoms with Crippen LogP contribution in [0.5, 0.6) is 17.2 Å². The van der Waals surface area contributed by atoms with Crippen LogP contribution in [-0.2, 0) is 4.74 Å². The Morgan fingerprint density at radius 3 is 2.50 bits per heavy atom. The van der Waals surface area contributed by atoms with E-state index in [-0.39, 0.29) is 23.3 Å². The molecule has 2 saturated heterocycles. The number of likely N-dealkylation sites (N-methyl/N-ethyl adjacent to an activating group) is 1. The molecule has 8 heteroatoms. The SMILES string of the molecule is COc1cc(-c2nc3ccc(N4CCN(C)CC4)cc3n2C2COC2)cc(O)c1O. The lowest BCUT2D eigenvalue weighted by Crippen LogP contribution is -2.44. The van der Waals surface area contributed by atoms with Gasteiger partial charge in [0, 0.05) is 37.4 Å². The van der Waals surface area contributed by atoms with Crippen molar-refractivity contribution < 1.29 is 19.7 Å². The topological polar surface area (TPSA) is 83.2 Å². The molecule has 2 aliphatic heterocycles. The van der Waals surface area contributed by atoms with Crippen LogP contribution in [0.25, 0.3) is 22.4 Å². The van der Waals surface area contributed by atoms with Gasteiger partial charge in [0.1, 0.15) is 5.82 Å². The molecule has 5 rings (SSSR count). The monoisotopic (exact) mass is 410 g/mol. The van der Waals surface area contributed by atoms with Gasteiger partial charge in [0.05, 0.1) is 37.4 Å². The number of imidazole rings is 1. The number of fused-ring (bicyclic) bond motifs is 1. The van der Waals surface area contributed by atoms with Crippen LogP contribution in [0.4, 0.5) is 5.69 Å². The smallest absolute Gasteiger partial charge is 0.200 e. The van der Waals surface area contributed by atoms with Crippen LogP contribution >= 0.6 is 0 Å². The first-order valence-electron chi connectivity index (χ1n) is 10.2. The van der Waals surface area contributed by atoms with Gasteiger partial charge in [0.2, 0.25) is 5.75 Å². The number of hydrogen-bond donors (Lipinski definition) is 2. The number of ether oxygens (including phenoxy) is 2. The van der Waals surface area contributed by atoms with Crippen molar-refractivity contribution in [1.82, 2.24) is 14.5 Å². The van der Waals surface area contributed by atoms with Crippen molar-refractivity contribution in [3.8, 4) is 28.6 Å². The summed E-state index contributed by atoms with van der Waals surface area (Å²) in [5.74, 6) is 0.438. The molecule has 3 heterocycles. The third-order valence-electron chi connectivity index (χ3n) is 6.06. The molecule has 2 N–H and O–H groups in total. The van der Waals surface area contributed by atoms with E-state index in [9.17, 15) is 10.2 Å².